The second-order valence-corrected chi connectivity index (χ2v) is 9.82. The lowest BCUT2D eigenvalue weighted by molar-refractivity contribution is 0.259. The molecule has 160 valence electrons. The van der Waals surface area contributed by atoms with E-state index in [1.165, 1.54) is 11.8 Å². The van der Waals surface area contributed by atoms with Gasteiger partial charge in [-0.25, -0.2) is 13.4 Å². The van der Waals surface area contributed by atoms with Gasteiger partial charge in [-0.15, -0.1) is 11.8 Å². The Bertz CT molecular complexity index is 890. The minimum absolute atomic E-state index is 0.0698. The normalized spacial score (nSPS) is 12.6. The summed E-state index contributed by atoms with van der Waals surface area (Å²) in [5.74, 6) is 2.26. The fourth-order valence-electron chi connectivity index (χ4n) is 2.62. The van der Waals surface area contributed by atoms with Gasteiger partial charge in [0.1, 0.15) is 16.6 Å². The van der Waals surface area contributed by atoms with Crippen molar-refractivity contribution in [3.8, 4) is 5.75 Å². The number of aliphatic hydroxyl groups is 1. The summed E-state index contributed by atoms with van der Waals surface area (Å²) in [5, 5.41) is 13.3. The van der Waals surface area contributed by atoms with Crippen molar-refractivity contribution in [1.82, 2.24) is 9.97 Å². The predicted octanol–water partition coefficient (Wildman–Crippen LogP) is 2.97. The second kappa shape index (κ2) is 10.7. The summed E-state index contributed by atoms with van der Waals surface area (Å²) in [7, 11) is -1.86. The number of ether oxygens (including phenoxy) is 1. The quantitative estimate of drug-likeness (QED) is 0.361. The number of thioether (sulfide) groups is 1. The zero-order valence-electron chi connectivity index (χ0n) is 17.0. The van der Waals surface area contributed by atoms with E-state index in [-0.39, 0.29) is 24.4 Å². The summed E-state index contributed by atoms with van der Waals surface area (Å²) >= 11 is 1.46. The van der Waals surface area contributed by atoms with Crippen LogP contribution in [-0.4, -0.2) is 49.5 Å². The Balaban J connectivity index is 2.20. The van der Waals surface area contributed by atoms with E-state index in [9.17, 15) is 13.5 Å². The molecule has 0 saturated carbocycles. The molecule has 0 fully saturated rings. The van der Waals surface area contributed by atoms with Crippen LogP contribution in [0.5, 0.6) is 5.75 Å². The Morgan fingerprint density at radius 2 is 1.90 bits per heavy atom. The Labute approximate surface area is 176 Å². The van der Waals surface area contributed by atoms with Crippen molar-refractivity contribution in [2.24, 2.45) is 5.92 Å². The van der Waals surface area contributed by atoms with E-state index in [1.54, 1.807) is 13.2 Å². The van der Waals surface area contributed by atoms with Crippen LogP contribution in [0.4, 0.5) is 11.8 Å². The molecule has 1 heterocycles. The number of hydrogen-bond donors (Lipinski definition) is 3. The Kier molecular flexibility index (Phi) is 8.54. The molecule has 1 aromatic heterocycles. The summed E-state index contributed by atoms with van der Waals surface area (Å²) in [5.41, 5.74) is 1.08. The van der Waals surface area contributed by atoms with Crippen LogP contribution in [0.25, 0.3) is 0 Å². The van der Waals surface area contributed by atoms with E-state index in [0.29, 0.717) is 16.7 Å². The van der Waals surface area contributed by atoms with Crippen molar-refractivity contribution in [3.63, 3.8) is 0 Å². The summed E-state index contributed by atoms with van der Waals surface area (Å²) in [6, 6.07) is 9.08. The number of benzene rings is 1. The SMILES string of the molecule is COc1ccc(CSc2cc(NS(C)(=O)=O)nc(N[C@@H](CO)CC(C)C)n2)cc1. The zero-order valence-corrected chi connectivity index (χ0v) is 18.7. The van der Waals surface area contributed by atoms with Crippen LogP contribution in [0.3, 0.4) is 0 Å². The molecule has 10 heteroatoms. The number of rotatable bonds is 11. The molecular formula is C19H28N4O4S2. The van der Waals surface area contributed by atoms with Gasteiger partial charge in [0.25, 0.3) is 0 Å². The number of anilines is 2. The molecule has 0 bridgehead atoms. The van der Waals surface area contributed by atoms with Crippen LogP contribution < -0.4 is 14.8 Å². The molecule has 0 radical (unpaired) electrons. The first-order valence-electron chi connectivity index (χ1n) is 9.18. The largest absolute Gasteiger partial charge is 0.497 e. The maximum atomic E-state index is 11.6. The smallest absolute Gasteiger partial charge is 0.230 e. The van der Waals surface area contributed by atoms with Gasteiger partial charge in [-0.3, -0.25) is 4.72 Å². The van der Waals surface area contributed by atoms with E-state index in [1.807, 2.05) is 24.3 Å². The highest BCUT2D eigenvalue weighted by Gasteiger charge is 2.14. The Morgan fingerprint density at radius 1 is 1.21 bits per heavy atom. The van der Waals surface area contributed by atoms with Crippen molar-refractivity contribution < 1.29 is 18.3 Å². The third-order valence-corrected chi connectivity index (χ3v) is 5.41. The molecule has 2 rings (SSSR count). The average molecular weight is 441 g/mol. The zero-order chi connectivity index (χ0) is 21.4. The van der Waals surface area contributed by atoms with Gasteiger partial charge in [0.05, 0.1) is 26.0 Å². The molecule has 8 nitrogen and oxygen atoms in total. The van der Waals surface area contributed by atoms with E-state index in [2.05, 4.69) is 33.9 Å². The minimum Gasteiger partial charge on any atom is -0.497 e. The minimum atomic E-state index is -3.48. The van der Waals surface area contributed by atoms with E-state index < -0.39 is 10.0 Å². The number of aromatic nitrogens is 2. The number of hydrogen-bond acceptors (Lipinski definition) is 8. The van der Waals surface area contributed by atoms with Crippen LogP contribution in [-0.2, 0) is 15.8 Å². The Hall–Kier alpha value is -2.04. The van der Waals surface area contributed by atoms with Crippen molar-refractivity contribution in [2.45, 2.75) is 37.1 Å². The maximum absolute atomic E-state index is 11.6. The number of nitrogens with zero attached hydrogens (tertiary/aromatic N) is 2. The van der Waals surface area contributed by atoms with Gasteiger partial charge >= 0.3 is 0 Å². The molecule has 0 saturated heterocycles. The van der Waals surface area contributed by atoms with Gasteiger partial charge < -0.3 is 15.2 Å². The van der Waals surface area contributed by atoms with E-state index >= 15 is 0 Å². The molecular weight excluding hydrogens is 412 g/mol. The van der Waals surface area contributed by atoms with Crippen molar-refractivity contribution >= 4 is 33.6 Å². The van der Waals surface area contributed by atoms with Crippen LogP contribution >= 0.6 is 11.8 Å². The number of nitrogens with one attached hydrogen (secondary N) is 2. The molecule has 0 aliphatic rings. The predicted molar refractivity (Wildman–Crippen MR) is 117 cm³/mol. The van der Waals surface area contributed by atoms with Crippen LogP contribution in [0.1, 0.15) is 25.8 Å². The van der Waals surface area contributed by atoms with Gasteiger partial charge in [0.2, 0.25) is 16.0 Å². The van der Waals surface area contributed by atoms with Gasteiger partial charge in [-0.2, -0.15) is 4.98 Å². The first kappa shape index (κ1) is 23.2. The first-order valence-corrected chi connectivity index (χ1v) is 12.1. The van der Waals surface area contributed by atoms with E-state index in [4.69, 9.17) is 4.74 Å². The van der Waals surface area contributed by atoms with Gasteiger partial charge in [-0.1, -0.05) is 26.0 Å². The summed E-state index contributed by atoms with van der Waals surface area (Å²) in [6.07, 6.45) is 1.81. The highest BCUT2D eigenvalue weighted by Crippen LogP contribution is 2.26. The first-order chi connectivity index (χ1) is 13.7. The van der Waals surface area contributed by atoms with Crippen molar-refractivity contribution in [1.29, 1.82) is 0 Å². The molecule has 29 heavy (non-hydrogen) atoms. The highest BCUT2D eigenvalue weighted by atomic mass is 32.2. The van der Waals surface area contributed by atoms with Gasteiger partial charge in [0, 0.05) is 11.8 Å². The molecule has 0 spiro atoms. The third kappa shape index (κ3) is 8.46. The molecule has 1 aromatic carbocycles. The second-order valence-electron chi connectivity index (χ2n) is 7.08. The molecule has 0 aliphatic heterocycles. The number of aliphatic hydroxyl groups excluding tert-OH is 1. The van der Waals surface area contributed by atoms with Gasteiger partial charge in [0.15, 0.2) is 0 Å². The summed E-state index contributed by atoms with van der Waals surface area (Å²) in [4.78, 5) is 8.72. The Morgan fingerprint density at radius 3 is 2.45 bits per heavy atom. The summed E-state index contributed by atoms with van der Waals surface area (Å²) in [6.45, 7) is 4.05. The van der Waals surface area contributed by atoms with Crippen molar-refractivity contribution in [3.05, 3.63) is 35.9 Å². The van der Waals surface area contributed by atoms with Crippen LogP contribution in [0.15, 0.2) is 35.4 Å². The third-order valence-electron chi connectivity index (χ3n) is 3.85. The molecule has 0 amide bonds. The van der Waals surface area contributed by atoms with Crippen LogP contribution in [0.2, 0.25) is 0 Å². The molecule has 0 unspecified atom stereocenters. The average Bonchev–Trinajstić information content (AvgIpc) is 2.64. The van der Waals surface area contributed by atoms with E-state index in [0.717, 1.165) is 24.0 Å². The topological polar surface area (TPSA) is 113 Å². The maximum Gasteiger partial charge on any atom is 0.230 e. The number of methoxy groups -OCH3 is 1. The summed E-state index contributed by atoms with van der Waals surface area (Å²) < 4.78 is 30.8. The molecule has 0 aliphatic carbocycles. The lowest BCUT2D eigenvalue weighted by Crippen LogP contribution is -2.27. The van der Waals surface area contributed by atoms with Gasteiger partial charge in [-0.05, 0) is 30.0 Å². The fourth-order valence-corrected chi connectivity index (χ4v) is 3.95. The van der Waals surface area contributed by atoms with Crippen molar-refractivity contribution in [2.75, 3.05) is 30.0 Å². The lowest BCUT2D eigenvalue weighted by atomic mass is 10.0. The monoisotopic (exact) mass is 440 g/mol. The highest BCUT2D eigenvalue weighted by molar-refractivity contribution is 7.98. The standard InChI is InChI=1S/C19H28N4O4S2/c1-13(2)9-15(11-24)20-19-21-17(23-29(4,25)26)10-18(22-19)28-12-14-5-7-16(27-3)8-6-14/h5-8,10,13,15,24H,9,11-12H2,1-4H3,(H2,20,21,22,23)/t15-/m1/s1. The number of sulfonamides is 1. The molecule has 2 aromatic rings. The fraction of sp³-hybridized carbons (Fsp3) is 0.474. The lowest BCUT2D eigenvalue weighted by Gasteiger charge is -2.19. The molecule has 1 atom stereocenters. The van der Waals surface area contributed by atoms with Crippen LogP contribution in [0, 0.1) is 5.92 Å². The molecule has 3 N–H and O–H groups in total.